The van der Waals surface area contributed by atoms with Crippen molar-refractivity contribution in [3.8, 4) is 11.9 Å². The van der Waals surface area contributed by atoms with Gasteiger partial charge in [0.1, 0.15) is 12.2 Å². The molecular formula is C25H23N3O2S. The minimum Gasteiger partial charge on any atom is -0.474 e. The van der Waals surface area contributed by atoms with E-state index in [2.05, 4.69) is 16.4 Å². The predicted octanol–water partition coefficient (Wildman–Crippen LogP) is 5.36. The smallest absolute Gasteiger partial charge is 0.252 e. The molecule has 31 heavy (non-hydrogen) atoms. The number of benzene rings is 2. The Kier molecular flexibility index (Phi) is 6.85. The van der Waals surface area contributed by atoms with Gasteiger partial charge in [0, 0.05) is 28.6 Å². The molecule has 0 atom stereocenters. The van der Waals surface area contributed by atoms with E-state index in [1.807, 2.05) is 48.5 Å². The second-order valence-corrected chi connectivity index (χ2v) is 8.50. The van der Waals surface area contributed by atoms with E-state index >= 15 is 0 Å². The number of carbonyl (C=O) groups excluding carboxylic acids is 1. The van der Waals surface area contributed by atoms with E-state index in [1.165, 1.54) is 24.6 Å². The van der Waals surface area contributed by atoms with Gasteiger partial charge in [-0.05, 0) is 61.6 Å². The molecule has 0 aliphatic heterocycles. The molecule has 0 radical (unpaired) electrons. The Labute approximate surface area is 186 Å². The average Bonchev–Trinajstić information content (AvgIpc) is 3.31. The zero-order valence-corrected chi connectivity index (χ0v) is 17.9. The fraction of sp³-hybridized carbons (Fsp3) is 0.240. The summed E-state index contributed by atoms with van der Waals surface area (Å²) in [5.41, 5.74) is 2.11. The SMILES string of the molecule is N#Cc1ccccc1Sc1ccccc1C(=O)NCc1ccnc(OC2CCCC2)c1. The van der Waals surface area contributed by atoms with Crippen LogP contribution in [0.1, 0.15) is 47.2 Å². The molecule has 4 rings (SSSR count). The second kappa shape index (κ2) is 10.1. The molecule has 6 heteroatoms. The van der Waals surface area contributed by atoms with E-state index in [1.54, 1.807) is 18.3 Å². The zero-order valence-electron chi connectivity index (χ0n) is 17.1. The third kappa shape index (κ3) is 5.44. The van der Waals surface area contributed by atoms with Crippen LogP contribution in [-0.4, -0.2) is 17.0 Å². The van der Waals surface area contributed by atoms with E-state index < -0.39 is 0 Å². The van der Waals surface area contributed by atoms with Gasteiger partial charge >= 0.3 is 0 Å². The Morgan fingerprint density at radius 2 is 1.84 bits per heavy atom. The lowest BCUT2D eigenvalue weighted by molar-refractivity contribution is 0.0948. The first kappa shape index (κ1) is 21.0. The van der Waals surface area contributed by atoms with Gasteiger partial charge < -0.3 is 10.1 Å². The number of rotatable bonds is 7. The molecule has 1 amide bonds. The molecule has 1 heterocycles. The summed E-state index contributed by atoms with van der Waals surface area (Å²) in [6.45, 7) is 0.385. The van der Waals surface area contributed by atoms with E-state index in [-0.39, 0.29) is 12.0 Å². The molecule has 1 aromatic heterocycles. The van der Waals surface area contributed by atoms with Crippen LogP contribution in [0, 0.1) is 11.3 Å². The summed E-state index contributed by atoms with van der Waals surface area (Å²) in [5, 5.41) is 12.3. The monoisotopic (exact) mass is 429 g/mol. The van der Waals surface area contributed by atoms with E-state index in [4.69, 9.17) is 4.74 Å². The van der Waals surface area contributed by atoms with Crippen LogP contribution in [0.15, 0.2) is 76.7 Å². The fourth-order valence-corrected chi connectivity index (χ4v) is 4.61. The Bertz CT molecular complexity index is 1100. The van der Waals surface area contributed by atoms with Crippen molar-refractivity contribution in [1.82, 2.24) is 10.3 Å². The van der Waals surface area contributed by atoms with Gasteiger partial charge in [-0.15, -0.1) is 0 Å². The highest BCUT2D eigenvalue weighted by molar-refractivity contribution is 7.99. The van der Waals surface area contributed by atoms with Crippen molar-refractivity contribution in [2.75, 3.05) is 0 Å². The highest BCUT2D eigenvalue weighted by Gasteiger charge is 2.17. The fourth-order valence-electron chi connectivity index (χ4n) is 3.59. The summed E-state index contributed by atoms with van der Waals surface area (Å²) in [6, 6.07) is 20.8. The van der Waals surface area contributed by atoms with Gasteiger partial charge in [-0.25, -0.2) is 4.98 Å². The molecular weight excluding hydrogens is 406 g/mol. The summed E-state index contributed by atoms with van der Waals surface area (Å²) in [7, 11) is 0. The van der Waals surface area contributed by atoms with Crippen LogP contribution in [0.5, 0.6) is 5.88 Å². The Balaban J connectivity index is 1.43. The number of hydrogen-bond donors (Lipinski definition) is 1. The Morgan fingerprint density at radius 1 is 1.10 bits per heavy atom. The maximum absolute atomic E-state index is 12.9. The van der Waals surface area contributed by atoms with Crippen LogP contribution in [0.3, 0.4) is 0 Å². The van der Waals surface area contributed by atoms with E-state index in [0.717, 1.165) is 28.2 Å². The van der Waals surface area contributed by atoms with Crippen molar-refractivity contribution in [3.05, 3.63) is 83.6 Å². The lowest BCUT2D eigenvalue weighted by Crippen LogP contribution is -2.23. The summed E-state index contributed by atoms with van der Waals surface area (Å²) in [6.07, 6.45) is 6.53. The molecule has 0 unspecified atom stereocenters. The number of amides is 1. The number of nitriles is 1. The minimum absolute atomic E-state index is 0.160. The molecule has 0 bridgehead atoms. The van der Waals surface area contributed by atoms with Gasteiger partial charge in [0.05, 0.1) is 11.1 Å². The van der Waals surface area contributed by atoms with Gasteiger partial charge in [-0.3, -0.25) is 4.79 Å². The van der Waals surface area contributed by atoms with Crippen LogP contribution in [-0.2, 0) is 6.54 Å². The molecule has 156 valence electrons. The number of pyridine rings is 1. The van der Waals surface area contributed by atoms with Crippen molar-refractivity contribution >= 4 is 17.7 Å². The normalized spacial score (nSPS) is 13.5. The van der Waals surface area contributed by atoms with Crippen LogP contribution in [0.25, 0.3) is 0 Å². The average molecular weight is 430 g/mol. The van der Waals surface area contributed by atoms with Gasteiger partial charge in [-0.2, -0.15) is 5.26 Å². The lowest BCUT2D eigenvalue weighted by Gasteiger charge is -2.13. The van der Waals surface area contributed by atoms with Crippen molar-refractivity contribution in [2.24, 2.45) is 0 Å². The summed E-state index contributed by atoms with van der Waals surface area (Å²) < 4.78 is 5.96. The van der Waals surface area contributed by atoms with Crippen LogP contribution < -0.4 is 10.1 Å². The molecule has 2 aromatic carbocycles. The van der Waals surface area contributed by atoms with Crippen molar-refractivity contribution < 1.29 is 9.53 Å². The van der Waals surface area contributed by atoms with Crippen LogP contribution in [0.2, 0.25) is 0 Å². The molecule has 1 N–H and O–H groups in total. The first-order valence-electron chi connectivity index (χ1n) is 10.4. The molecule has 1 saturated carbocycles. The first-order chi connectivity index (χ1) is 15.2. The molecule has 5 nitrogen and oxygen atoms in total. The molecule has 0 spiro atoms. The quantitative estimate of drug-likeness (QED) is 0.547. The standard InChI is InChI=1S/C25H23N3O2S/c26-16-19-7-1-5-11-22(19)31-23-12-6-4-10-21(23)25(29)28-17-18-13-14-27-24(15-18)30-20-8-2-3-9-20/h1,4-7,10-15,20H,2-3,8-9,17H2,(H,28,29). The van der Waals surface area contributed by atoms with Crippen molar-refractivity contribution in [3.63, 3.8) is 0 Å². The largest absolute Gasteiger partial charge is 0.474 e. The highest BCUT2D eigenvalue weighted by atomic mass is 32.2. The van der Waals surface area contributed by atoms with Crippen LogP contribution in [0.4, 0.5) is 0 Å². The van der Waals surface area contributed by atoms with Gasteiger partial charge in [0.25, 0.3) is 5.91 Å². The lowest BCUT2D eigenvalue weighted by atomic mass is 10.2. The minimum atomic E-state index is -0.160. The molecule has 0 saturated heterocycles. The van der Waals surface area contributed by atoms with Gasteiger partial charge in [0.15, 0.2) is 0 Å². The summed E-state index contributed by atoms with van der Waals surface area (Å²) in [5.74, 6) is 0.454. The van der Waals surface area contributed by atoms with Gasteiger partial charge in [-0.1, -0.05) is 36.0 Å². The third-order valence-corrected chi connectivity index (χ3v) is 6.35. The molecule has 3 aromatic rings. The molecule has 1 aliphatic rings. The number of aromatic nitrogens is 1. The predicted molar refractivity (Wildman–Crippen MR) is 120 cm³/mol. The number of nitrogens with one attached hydrogen (secondary N) is 1. The van der Waals surface area contributed by atoms with Crippen molar-refractivity contribution in [2.45, 2.75) is 48.1 Å². The maximum Gasteiger partial charge on any atom is 0.252 e. The third-order valence-electron chi connectivity index (χ3n) is 5.20. The highest BCUT2D eigenvalue weighted by Crippen LogP contribution is 2.32. The number of carbonyl (C=O) groups is 1. The zero-order chi connectivity index (χ0) is 21.5. The van der Waals surface area contributed by atoms with Crippen molar-refractivity contribution in [1.29, 1.82) is 5.26 Å². The van der Waals surface area contributed by atoms with Crippen LogP contribution >= 0.6 is 11.8 Å². The van der Waals surface area contributed by atoms with Gasteiger partial charge in [0.2, 0.25) is 5.88 Å². The molecule has 1 fully saturated rings. The van der Waals surface area contributed by atoms with E-state index in [9.17, 15) is 10.1 Å². The summed E-state index contributed by atoms with van der Waals surface area (Å²) >= 11 is 1.42. The Hall–Kier alpha value is -3.30. The Morgan fingerprint density at radius 3 is 2.65 bits per heavy atom. The topological polar surface area (TPSA) is 75.0 Å². The first-order valence-corrected chi connectivity index (χ1v) is 11.2. The summed E-state index contributed by atoms with van der Waals surface area (Å²) in [4.78, 5) is 18.8. The molecule has 1 aliphatic carbocycles. The number of nitrogens with zero attached hydrogens (tertiary/aromatic N) is 2. The second-order valence-electron chi connectivity index (χ2n) is 7.42. The number of hydrogen-bond acceptors (Lipinski definition) is 5. The number of ether oxygens (including phenoxy) is 1. The van der Waals surface area contributed by atoms with E-state index in [0.29, 0.717) is 23.6 Å². The maximum atomic E-state index is 12.9.